The van der Waals surface area contributed by atoms with Crippen LogP contribution in [0, 0.1) is 0 Å². The summed E-state index contributed by atoms with van der Waals surface area (Å²) >= 11 is 0. The maximum Gasteiger partial charge on any atom is 0.0471 e. The molecule has 0 spiro atoms. The Morgan fingerprint density at radius 1 is 1.10 bits per heavy atom. The van der Waals surface area contributed by atoms with Crippen LogP contribution in [0.4, 0.5) is 0 Å². The minimum atomic E-state index is 0.383. The topological polar surface area (TPSA) is 32.5 Å². The van der Waals surface area contributed by atoms with Gasteiger partial charge in [-0.15, -0.1) is 0 Å². The lowest BCUT2D eigenvalue weighted by atomic mass is 9.97. The number of nitrogens with zero attached hydrogens (tertiary/aromatic N) is 2. The van der Waals surface area contributed by atoms with E-state index in [1.807, 2.05) is 0 Å². The first kappa shape index (κ1) is 15.0. The number of benzene rings is 1. The zero-order chi connectivity index (χ0) is 14.8. The predicted octanol–water partition coefficient (Wildman–Crippen LogP) is 2.59. The van der Waals surface area contributed by atoms with Crippen molar-refractivity contribution in [3.05, 3.63) is 35.4 Å². The molecule has 0 aromatic heterocycles. The summed E-state index contributed by atoms with van der Waals surface area (Å²) in [7, 11) is 0. The van der Waals surface area contributed by atoms with Crippen LogP contribution in [-0.2, 0) is 0 Å². The molecule has 1 aromatic carbocycles. The molecule has 2 fully saturated rings. The van der Waals surface area contributed by atoms with Gasteiger partial charge in [-0.3, -0.25) is 9.80 Å². The van der Waals surface area contributed by atoms with Crippen LogP contribution < -0.4 is 5.73 Å². The van der Waals surface area contributed by atoms with Crippen LogP contribution in [0.1, 0.15) is 49.8 Å². The third-order valence-electron chi connectivity index (χ3n) is 5.27. The summed E-state index contributed by atoms with van der Waals surface area (Å²) in [5, 5.41) is 0. The van der Waals surface area contributed by atoms with Gasteiger partial charge in [-0.05, 0) is 36.4 Å². The number of fused-ring (bicyclic) bond motifs is 1. The quantitative estimate of drug-likeness (QED) is 0.924. The highest BCUT2D eigenvalue weighted by molar-refractivity contribution is 5.27. The molecule has 0 aliphatic carbocycles. The number of hydrogen-bond acceptors (Lipinski definition) is 3. The van der Waals surface area contributed by atoms with Crippen molar-refractivity contribution in [3.63, 3.8) is 0 Å². The molecule has 2 aliphatic heterocycles. The van der Waals surface area contributed by atoms with Crippen molar-refractivity contribution in [2.24, 2.45) is 5.73 Å². The van der Waals surface area contributed by atoms with E-state index in [1.165, 1.54) is 43.6 Å². The van der Waals surface area contributed by atoms with Gasteiger partial charge in [-0.1, -0.05) is 38.1 Å². The monoisotopic (exact) mass is 287 g/mol. The van der Waals surface area contributed by atoms with Gasteiger partial charge in [-0.25, -0.2) is 0 Å². The molecule has 0 bridgehead atoms. The average Bonchev–Trinajstić information content (AvgIpc) is 2.96. The van der Waals surface area contributed by atoms with Crippen molar-refractivity contribution >= 4 is 0 Å². The second-order valence-corrected chi connectivity index (χ2v) is 6.90. The first-order valence-electron chi connectivity index (χ1n) is 8.47. The van der Waals surface area contributed by atoms with E-state index in [1.54, 1.807) is 0 Å². The summed E-state index contributed by atoms with van der Waals surface area (Å²) < 4.78 is 0. The molecule has 2 atom stereocenters. The van der Waals surface area contributed by atoms with Gasteiger partial charge < -0.3 is 5.73 Å². The van der Waals surface area contributed by atoms with Crippen molar-refractivity contribution in [3.8, 4) is 0 Å². The molecule has 2 N–H and O–H groups in total. The Hall–Kier alpha value is -0.900. The molecule has 1 aromatic rings. The molecular weight excluding hydrogens is 258 g/mol. The van der Waals surface area contributed by atoms with E-state index in [0.29, 0.717) is 18.5 Å². The van der Waals surface area contributed by atoms with Crippen LogP contribution in [0.15, 0.2) is 24.3 Å². The molecule has 3 rings (SSSR count). The molecule has 2 aliphatic rings. The second-order valence-electron chi connectivity index (χ2n) is 6.90. The maximum atomic E-state index is 6.12. The highest BCUT2D eigenvalue weighted by atomic mass is 15.3. The van der Waals surface area contributed by atoms with Gasteiger partial charge in [0.1, 0.15) is 0 Å². The van der Waals surface area contributed by atoms with Crippen molar-refractivity contribution < 1.29 is 0 Å². The van der Waals surface area contributed by atoms with Crippen LogP contribution in [0.25, 0.3) is 0 Å². The molecule has 0 saturated carbocycles. The highest BCUT2D eigenvalue weighted by Gasteiger charge is 2.33. The Morgan fingerprint density at radius 2 is 1.81 bits per heavy atom. The van der Waals surface area contributed by atoms with Crippen LogP contribution in [-0.4, -0.2) is 48.6 Å². The van der Waals surface area contributed by atoms with Gasteiger partial charge in [0, 0.05) is 38.3 Å². The van der Waals surface area contributed by atoms with Crippen LogP contribution in [0.5, 0.6) is 0 Å². The fraction of sp³-hybridized carbons (Fsp3) is 0.667. The number of piperazine rings is 1. The third-order valence-corrected chi connectivity index (χ3v) is 5.27. The van der Waals surface area contributed by atoms with Gasteiger partial charge in [0.15, 0.2) is 0 Å². The van der Waals surface area contributed by atoms with E-state index in [-0.39, 0.29) is 0 Å². The zero-order valence-corrected chi connectivity index (χ0v) is 13.5. The lowest BCUT2D eigenvalue weighted by Gasteiger charge is -2.41. The predicted molar refractivity (Wildman–Crippen MR) is 88.5 cm³/mol. The van der Waals surface area contributed by atoms with E-state index in [2.05, 4.69) is 47.9 Å². The van der Waals surface area contributed by atoms with Crippen molar-refractivity contribution in [2.45, 2.75) is 44.7 Å². The molecule has 116 valence electrons. The second kappa shape index (κ2) is 6.47. The molecule has 2 heterocycles. The first-order chi connectivity index (χ1) is 10.2. The van der Waals surface area contributed by atoms with Crippen LogP contribution >= 0.6 is 0 Å². The summed E-state index contributed by atoms with van der Waals surface area (Å²) in [6, 6.07) is 10.3. The average molecular weight is 287 g/mol. The van der Waals surface area contributed by atoms with Crippen LogP contribution in [0.3, 0.4) is 0 Å². The van der Waals surface area contributed by atoms with Crippen molar-refractivity contribution in [1.82, 2.24) is 9.80 Å². The van der Waals surface area contributed by atoms with E-state index in [4.69, 9.17) is 5.73 Å². The highest BCUT2D eigenvalue weighted by Crippen LogP contribution is 2.28. The summed E-state index contributed by atoms with van der Waals surface area (Å²) in [6.45, 7) is 10.1. The molecule has 0 radical (unpaired) electrons. The lowest BCUT2D eigenvalue weighted by Crippen LogP contribution is -2.52. The molecule has 21 heavy (non-hydrogen) atoms. The summed E-state index contributed by atoms with van der Waals surface area (Å²) in [5.41, 5.74) is 8.91. The Bertz CT molecular complexity index is 454. The number of nitrogens with two attached hydrogens (primary N) is 1. The lowest BCUT2D eigenvalue weighted by molar-refractivity contribution is 0.0737. The normalized spacial score (nSPS) is 25.2. The Labute approximate surface area is 129 Å². The van der Waals surface area contributed by atoms with E-state index < -0.39 is 0 Å². The first-order valence-corrected chi connectivity index (χ1v) is 8.47. The minimum Gasteiger partial charge on any atom is -0.329 e. The zero-order valence-electron chi connectivity index (χ0n) is 13.5. The largest absolute Gasteiger partial charge is 0.329 e. The molecule has 2 unspecified atom stereocenters. The van der Waals surface area contributed by atoms with E-state index in [9.17, 15) is 0 Å². The van der Waals surface area contributed by atoms with Gasteiger partial charge in [0.2, 0.25) is 0 Å². The molecular formula is C18H29N3. The molecule has 0 amide bonds. The fourth-order valence-electron chi connectivity index (χ4n) is 3.90. The van der Waals surface area contributed by atoms with E-state index >= 15 is 0 Å². The Morgan fingerprint density at radius 3 is 2.48 bits per heavy atom. The standard InChI is InChI=1S/C18H29N3/c1-14(2)15-5-7-16(8-6-15)18(12-19)21-11-10-20-9-3-4-17(20)13-21/h5-8,14,17-18H,3-4,9-13,19H2,1-2H3. The van der Waals surface area contributed by atoms with Crippen molar-refractivity contribution in [2.75, 3.05) is 32.7 Å². The van der Waals surface area contributed by atoms with Crippen LogP contribution in [0.2, 0.25) is 0 Å². The van der Waals surface area contributed by atoms with Gasteiger partial charge >= 0.3 is 0 Å². The number of rotatable bonds is 4. The van der Waals surface area contributed by atoms with Gasteiger partial charge in [-0.2, -0.15) is 0 Å². The minimum absolute atomic E-state index is 0.383. The maximum absolute atomic E-state index is 6.12. The summed E-state index contributed by atoms with van der Waals surface area (Å²) in [4.78, 5) is 5.27. The smallest absolute Gasteiger partial charge is 0.0471 e. The van der Waals surface area contributed by atoms with Crippen molar-refractivity contribution in [1.29, 1.82) is 0 Å². The molecule has 3 nitrogen and oxygen atoms in total. The number of hydrogen-bond donors (Lipinski definition) is 1. The Kier molecular flexibility index (Phi) is 4.63. The Balaban J connectivity index is 1.72. The fourth-order valence-corrected chi connectivity index (χ4v) is 3.90. The summed E-state index contributed by atoms with van der Waals surface area (Å²) in [5.74, 6) is 0.595. The third kappa shape index (κ3) is 3.15. The van der Waals surface area contributed by atoms with Gasteiger partial charge in [0.25, 0.3) is 0 Å². The SMILES string of the molecule is CC(C)c1ccc(C(CN)N2CCN3CCCC3C2)cc1. The molecule has 2 saturated heterocycles. The van der Waals surface area contributed by atoms with E-state index in [0.717, 1.165) is 12.6 Å². The summed E-state index contributed by atoms with van der Waals surface area (Å²) in [6.07, 6.45) is 2.73. The van der Waals surface area contributed by atoms with Gasteiger partial charge in [0.05, 0.1) is 0 Å². The molecule has 3 heteroatoms.